The fourth-order valence-corrected chi connectivity index (χ4v) is 2.88. The molecule has 0 aliphatic carbocycles. The van der Waals surface area contributed by atoms with Gasteiger partial charge in [-0.3, -0.25) is 0 Å². The van der Waals surface area contributed by atoms with Gasteiger partial charge in [-0.2, -0.15) is 4.31 Å². The average molecular weight is 242 g/mol. The quantitative estimate of drug-likeness (QED) is 0.819. The maximum Gasteiger partial charge on any atom is 0.243 e. The Labute approximate surface area is 97.1 Å². The Hall–Kier alpha value is -1.07. The van der Waals surface area contributed by atoms with Gasteiger partial charge >= 0.3 is 0 Å². The molecule has 0 spiro atoms. The van der Waals surface area contributed by atoms with Crippen molar-refractivity contribution in [3.8, 4) is 0 Å². The predicted octanol–water partition coefficient (Wildman–Crippen LogP) is 1.61. The molecule has 0 radical (unpaired) electrons. The number of sulfonamides is 1. The van der Waals surface area contributed by atoms with Crippen molar-refractivity contribution in [2.75, 3.05) is 12.8 Å². The number of benzene rings is 1. The van der Waals surface area contributed by atoms with Crippen molar-refractivity contribution in [1.29, 1.82) is 0 Å². The summed E-state index contributed by atoms with van der Waals surface area (Å²) in [7, 11) is -1.86. The van der Waals surface area contributed by atoms with Crippen molar-refractivity contribution in [1.82, 2.24) is 4.31 Å². The van der Waals surface area contributed by atoms with E-state index in [1.54, 1.807) is 19.2 Å². The normalized spacial score (nSPS) is 12.4. The van der Waals surface area contributed by atoms with Crippen LogP contribution in [0.25, 0.3) is 0 Å². The highest BCUT2D eigenvalue weighted by atomic mass is 32.2. The van der Waals surface area contributed by atoms with Gasteiger partial charge in [0.05, 0.1) is 4.90 Å². The molecule has 1 aromatic carbocycles. The van der Waals surface area contributed by atoms with E-state index in [0.29, 0.717) is 5.69 Å². The lowest BCUT2D eigenvalue weighted by molar-refractivity contribution is 0.410. The van der Waals surface area contributed by atoms with Crippen molar-refractivity contribution < 1.29 is 8.42 Å². The number of hydrogen-bond donors (Lipinski definition) is 1. The second kappa shape index (κ2) is 4.43. The predicted molar refractivity (Wildman–Crippen MR) is 65.7 cm³/mol. The number of nitrogens with two attached hydrogens (primary N) is 1. The van der Waals surface area contributed by atoms with Crippen LogP contribution in [0.5, 0.6) is 0 Å². The number of hydrogen-bond acceptors (Lipinski definition) is 3. The van der Waals surface area contributed by atoms with Crippen LogP contribution in [0.1, 0.15) is 19.4 Å². The van der Waals surface area contributed by atoms with Gasteiger partial charge in [-0.1, -0.05) is 0 Å². The van der Waals surface area contributed by atoms with Crippen LogP contribution in [-0.4, -0.2) is 25.8 Å². The van der Waals surface area contributed by atoms with Gasteiger partial charge in [-0.25, -0.2) is 8.42 Å². The molecular formula is C11H18N2O2S. The lowest BCUT2D eigenvalue weighted by Crippen LogP contribution is -2.33. The smallest absolute Gasteiger partial charge is 0.243 e. The summed E-state index contributed by atoms with van der Waals surface area (Å²) in [6, 6.07) is 4.78. The highest BCUT2D eigenvalue weighted by molar-refractivity contribution is 7.89. The third kappa shape index (κ3) is 2.54. The summed E-state index contributed by atoms with van der Waals surface area (Å²) in [5, 5.41) is 0. The summed E-state index contributed by atoms with van der Waals surface area (Å²) < 4.78 is 25.6. The molecule has 1 rings (SSSR count). The lowest BCUT2D eigenvalue weighted by atomic mass is 10.2. The highest BCUT2D eigenvalue weighted by Crippen LogP contribution is 2.20. The van der Waals surface area contributed by atoms with E-state index in [-0.39, 0.29) is 10.9 Å². The van der Waals surface area contributed by atoms with Crippen molar-refractivity contribution in [3.05, 3.63) is 23.8 Å². The van der Waals surface area contributed by atoms with Crippen molar-refractivity contribution in [2.24, 2.45) is 0 Å². The second-order valence-corrected chi connectivity index (χ2v) is 6.19. The van der Waals surface area contributed by atoms with Crippen LogP contribution in [-0.2, 0) is 10.0 Å². The molecule has 2 N–H and O–H groups in total. The van der Waals surface area contributed by atoms with Crippen LogP contribution >= 0.6 is 0 Å². The first-order valence-electron chi connectivity index (χ1n) is 5.10. The Kier molecular flexibility index (Phi) is 3.60. The zero-order chi connectivity index (χ0) is 12.5. The summed E-state index contributed by atoms with van der Waals surface area (Å²) in [6.07, 6.45) is 0. The highest BCUT2D eigenvalue weighted by Gasteiger charge is 2.23. The van der Waals surface area contributed by atoms with E-state index < -0.39 is 10.0 Å². The van der Waals surface area contributed by atoms with Crippen LogP contribution in [0.3, 0.4) is 0 Å². The largest absolute Gasteiger partial charge is 0.399 e. The van der Waals surface area contributed by atoms with E-state index in [1.807, 2.05) is 20.8 Å². The third-order valence-electron chi connectivity index (χ3n) is 2.48. The summed E-state index contributed by atoms with van der Waals surface area (Å²) in [5.41, 5.74) is 6.96. The fourth-order valence-electron chi connectivity index (χ4n) is 1.37. The number of nitrogens with zero attached hydrogens (tertiary/aromatic N) is 1. The standard InChI is InChI=1S/C11H18N2O2S/c1-8(2)13(4)16(14,15)11-6-9(3)5-10(12)7-11/h5-8H,12H2,1-4H3. The number of aryl methyl sites for hydroxylation is 1. The van der Waals surface area contributed by atoms with Crippen LogP contribution in [0.2, 0.25) is 0 Å². The zero-order valence-electron chi connectivity index (χ0n) is 10.1. The van der Waals surface area contributed by atoms with E-state index in [0.717, 1.165) is 5.56 Å². The Balaban J connectivity index is 3.27. The van der Waals surface area contributed by atoms with Crippen LogP contribution in [0.4, 0.5) is 5.69 Å². The zero-order valence-corrected chi connectivity index (χ0v) is 10.9. The van der Waals surface area contributed by atoms with Gasteiger partial charge in [-0.15, -0.1) is 0 Å². The first kappa shape index (κ1) is 13.0. The van der Waals surface area contributed by atoms with Crippen molar-refractivity contribution in [2.45, 2.75) is 31.7 Å². The average Bonchev–Trinajstić information content (AvgIpc) is 2.14. The van der Waals surface area contributed by atoms with Gasteiger partial charge in [0.2, 0.25) is 10.0 Å². The molecule has 0 aromatic heterocycles. The van der Waals surface area contributed by atoms with Gasteiger partial charge in [0.1, 0.15) is 0 Å². The Bertz CT molecular complexity index is 461. The number of rotatable bonds is 3. The molecule has 4 nitrogen and oxygen atoms in total. The monoisotopic (exact) mass is 242 g/mol. The molecule has 0 saturated heterocycles. The number of nitrogen functional groups attached to an aromatic ring is 1. The van der Waals surface area contributed by atoms with Gasteiger partial charge in [0, 0.05) is 18.8 Å². The van der Waals surface area contributed by atoms with E-state index >= 15 is 0 Å². The molecule has 0 bridgehead atoms. The van der Waals surface area contributed by atoms with Crippen molar-refractivity contribution in [3.63, 3.8) is 0 Å². The van der Waals surface area contributed by atoms with Crippen LogP contribution in [0, 0.1) is 6.92 Å². The summed E-state index contributed by atoms with van der Waals surface area (Å²) in [5.74, 6) is 0. The molecule has 90 valence electrons. The van der Waals surface area contributed by atoms with Gasteiger partial charge < -0.3 is 5.73 Å². The minimum Gasteiger partial charge on any atom is -0.399 e. The van der Waals surface area contributed by atoms with E-state index in [4.69, 9.17) is 5.73 Å². The topological polar surface area (TPSA) is 63.4 Å². The van der Waals surface area contributed by atoms with E-state index in [9.17, 15) is 8.42 Å². The van der Waals surface area contributed by atoms with Crippen LogP contribution in [0.15, 0.2) is 23.1 Å². The van der Waals surface area contributed by atoms with Gasteiger partial charge in [-0.05, 0) is 44.5 Å². The van der Waals surface area contributed by atoms with Gasteiger partial charge in [0.15, 0.2) is 0 Å². The first-order valence-corrected chi connectivity index (χ1v) is 6.54. The summed E-state index contributed by atoms with van der Waals surface area (Å²) in [6.45, 7) is 5.48. The molecule has 0 fully saturated rings. The van der Waals surface area contributed by atoms with E-state index in [2.05, 4.69) is 0 Å². The fraction of sp³-hybridized carbons (Fsp3) is 0.455. The molecule has 0 atom stereocenters. The molecule has 5 heteroatoms. The van der Waals surface area contributed by atoms with Gasteiger partial charge in [0.25, 0.3) is 0 Å². The van der Waals surface area contributed by atoms with Crippen molar-refractivity contribution >= 4 is 15.7 Å². The minimum atomic E-state index is -3.43. The minimum absolute atomic E-state index is 0.0771. The maximum atomic E-state index is 12.1. The molecular weight excluding hydrogens is 224 g/mol. The molecule has 0 unspecified atom stereocenters. The Morgan fingerprint density at radius 3 is 2.25 bits per heavy atom. The Morgan fingerprint density at radius 2 is 1.81 bits per heavy atom. The molecule has 0 amide bonds. The SMILES string of the molecule is Cc1cc(N)cc(S(=O)(=O)N(C)C(C)C)c1. The molecule has 0 aliphatic rings. The third-order valence-corrected chi connectivity index (χ3v) is 4.49. The summed E-state index contributed by atoms with van der Waals surface area (Å²) in [4.78, 5) is 0.251. The molecule has 0 heterocycles. The molecule has 0 saturated carbocycles. The number of anilines is 1. The second-order valence-electron chi connectivity index (χ2n) is 4.19. The molecule has 0 aliphatic heterocycles. The summed E-state index contributed by atoms with van der Waals surface area (Å²) >= 11 is 0. The van der Waals surface area contributed by atoms with E-state index in [1.165, 1.54) is 10.4 Å². The molecule has 16 heavy (non-hydrogen) atoms. The van der Waals surface area contributed by atoms with Crippen LogP contribution < -0.4 is 5.73 Å². The first-order chi connectivity index (χ1) is 7.25. The lowest BCUT2D eigenvalue weighted by Gasteiger charge is -2.21. The molecule has 1 aromatic rings. The Morgan fingerprint density at radius 1 is 1.25 bits per heavy atom. The maximum absolute atomic E-state index is 12.1.